The van der Waals surface area contributed by atoms with E-state index >= 15 is 0 Å². The summed E-state index contributed by atoms with van der Waals surface area (Å²) in [5.74, 6) is 0.0607. The van der Waals surface area contributed by atoms with Crippen LogP contribution in [0.3, 0.4) is 0 Å². The number of carbonyl (C=O) groups excluding carboxylic acids is 1. The zero-order chi connectivity index (χ0) is 12.5. The van der Waals surface area contributed by atoms with Crippen molar-refractivity contribution in [1.29, 1.82) is 0 Å². The summed E-state index contributed by atoms with van der Waals surface area (Å²) in [5.41, 5.74) is 10.7. The van der Waals surface area contributed by atoms with E-state index in [0.717, 1.165) is 24.2 Å². The Morgan fingerprint density at radius 3 is 3.06 bits per heavy atom. The van der Waals surface area contributed by atoms with E-state index in [1.54, 1.807) is 11.7 Å². The van der Waals surface area contributed by atoms with E-state index in [1.807, 2.05) is 17.0 Å². The molecule has 1 aromatic carbocycles. The summed E-state index contributed by atoms with van der Waals surface area (Å²) < 4.78 is 0. The fraction of sp³-hybridized carbons (Fsp3) is 0.231. The smallest absolute Gasteiger partial charge is 0.265 e. The van der Waals surface area contributed by atoms with Crippen molar-refractivity contribution in [2.45, 2.75) is 13.0 Å². The van der Waals surface area contributed by atoms with Gasteiger partial charge in [-0.1, -0.05) is 6.07 Å². The van der Waals surface area contributed by atoms with Crippen LogP contribution in [-0.4, -0.2) is 22.3 Å². The molecule has 0 spiro atoms. The van der Waals surface area contributed by atoms with Gasteiger partial charge in [-0.2, -0.15) is 0 Å². The number of aromatic nitrogens is 1. The van der Waals surface area contributed by atoms with Crippen LogP contribution in [0.2, 0.25) is 0 Å². The van der Waals surface area contributed by atoms with Crippen LogP contribution in [-0.2, 0) is 13.0 Å². The molecule has 5 heteroatoms. The van der Waals surface area contributed by atoms with Crippen LogP contribution in [0.25, 0.3) is 0 Å². The molecule has 1 aromatic heterocycles. The van der Waals surface area contributed by atoms with E-state index in [2.05, 4.69) is 11.1 Å². The minimum atomic E-state index is 0.0607. The topological polar surface area (TPSA) is 59.2 Å². The molecule has 0 radical (unpaired) electrons. The van der Waals surface area contributed by atoms with Gasteiger partial charge in [0.25, 0.3) is 5.91 Å². The SMILES string of the molecule is Nc1ccc2c(c1)CN(C(=O)c1cncs1)CC2. The van der Waals surface area contributed by atoms with Gasteiger partial charge in [0.15, 0.2) is 0 Å². The maximum absolute atomic E-state index is 12.2. The van der Waals surface area contributed by atoms with Crippen LogP contribution in [0.1, 0.15) is 20.8 Å². The van der Waals surface area contributed by atoms with Gasteiger partial charge in [0.2, 0.25) is 0 Å². The second-order valence-electron chi connectivity index (χ2n) is 4.37. The summed E-state index contributed by atoms with van der Waals surface area (Å²) in [5, 5.41) is 0. The molecule has 0 aliphatic carbocycles. The summed E-state index contributed by atoms with van der Waals surface area (Å²) >= 11 is 1.38. The number of nitrogens with zero attached hydrogens (tertiary/aromatic N) is 2. The monoisotopic (exact) mass is 259 g/mol. The molecule has 0 fully saturated rings. The highest BCUT2D eigenvalue weighted by molar-refractivity contribution is 7.11. The van der Waals surface area contributed by atoms with Crippen molar-refractivity contribution in [3.63, 3.8) is 0 Å². The minimum absolute atomic E-state index is 0.0607. The average Bonchev–Trinajstić information content (AvgIpc) is 2.90. The van der Waals surface area contributed by atoms with Gasteiger partial charge in [-0.3, -0.25) is 9.78 Å². The number of anilines is 1. The van der Waals surface area contributed by atoms with Gasteiger partial charge in [-0.15, -0.1) is 11.3 Å². The molecule has 0 bridgehead atoms. The lowest BCUT2D eigenvalue weighted by atomic mass is 9.99. The number of amides is 1. The zero-order valence-electron chi connectivity index (χ0n) is 9.80. The molecule has 0 atom stereocenters. The number of hydrogen-bond acceptors (Lipinski definition) is 4. The number of rotatable bonds is 1. The summed E-state index contributed by atoms with van der Waals surface area (Å²) in [6, 6.07) is 5.93. The molecule has 92 valence electrons. The summed E-state index contributed by atoms with van der Waals surface area (Å²) in [6.45, 7) is 1.39. The molecule has 1 amide bonds. The highest BCUT2D eigenvalue weighted by Gasteiger charge is 2.22. The Balaban J connectivity index is 1.84. The number of thiazole rings is 1. The zero-order valence-corrected chi connectivity index (χ0v) is 10.6. The Hall–Kier alpha value is -1.88. The first kappa shape index (κ1) is 11.2. The third-order valence-corrected chi connectivity index (χ3v) is 3.93. The van der Waals surface area contributed by atoms with Gasteiger partial charge >= 0.3 is 0 Å². The van der Waals surface area contributed by atoms with E-state index in [9.17, 15) is 4.79 Å². The molecule has 0 saturated carbocycles. The number of fused-ring (bicyclic) bond motifs is 1. The molecule has 18 heavy (non-hydrogen) atoms. The molecule has 2 aromatic rings. The van der Waals surface area contributed by atoms with Gasteiger partial charge in [0.1, 0.15) is 4.88 Å². The van der Waals surface area contributed by atoms with Crippen molar-refractivity contribution in [2.24, 2.45) is 0 Å². The van der Waals surface area contributed by atoms with Crippen LogP contribution in [0, 0.1) is 0 Å². The highest BCUT2D eigenvalue weighted by atomic mass is 32.1. The molecule has 2 N–H and O–H groups in total. The Labute approximate surface area is 109 Å². The standard InChI is InChI=1S/C13H13N3OS/c14-11-2-1-9-3-4-16(7-10(9)5-11)13(17)12-6-15-8-18-12/h1-2,5-6,8H,3-4,7,14H2. The summed E-state index contributed by atoms with van der Waals surface area (Å²) in [4.78, 5) is 18.7. The third kappa shape index (κ3) is 1.97. The Morgan fingerprint density at radius 2 is 2.28 bits per heavy atom. The molecule has 1 aliphatic heterocycles. The van der Waals surface area contributed by atoms with Crippen LogP contribution in [0.4, 0.5) is 5.69 Å². The van der Waals surface area contributed by atoms with Gasteiger partial charge in [-0.25, -0.2) is 0 Å². The lowest BCUT2D eigenvalue weighted by molar-refractivity contribution is 0.0739. The first-order valence-electron chi connectivity index (χ1n) is 5.79. The molecule has 0 unspecified atom stereocenters. The quantitative estimate of drug-likeness (QED) is 0.796. The maximum atomic E-state index is 12.2. The molecule has 3 rings (SSSR count). The second kappa shape index (κ2) is 4.42. The maximum Gasteiger partial charge on any atom is 0.265 e. The van der Waals surface area contributed by atoms with E-state index < -0.39 is 0 Å². The molecule has 2 heterocycles. The van der Waals surface area contributed by atoms with E-state index in [-0.39, 0.29) is 5.91 Å². The predicted octanol–water partition coefficient (Wildman–Crippen LogP) is 1.92. The molecule has 4 nitrogen and oxygen atoms in total. The van der Waals surface area contributed by atoms with Crippen molar-refractivity contribution < 1.29 is 4.79 Å². The highest BCUT2D eigenvalue weighted by Crippen LogP contribution is 2.23. The second-order valence-corrected chi connectivity index (χ2v) is 5.26. The van der Waals surface area contributed by atoms with Gasteiger partial charge in [-0.05, 0) is 29.7 Å². The van der Waals surface area contributed by atoms with Crippen molar-refractivity contribution >= 4 is 22.9 Å². The molecule has 1 aliphatic rings. The number of hydrogen-bond donors (Lipinski definition) is 1. The largest absolute Gasteiger partial charge is 0.399 e. The van der Waals surface area contributed by atoms with E-state index in [0.29, 0.717) is 11.4 Å². The fourth-order valence-electron chi connectivity index (χ4n) is 2.23. The first-order chi connectivity index (χ1) is 8.74. The number of nitrogen functional groups attached to an aromatic ring is 1. The molecular formula is C13H13N3OS. The minimum Gasteiger partial charge on any atom is -0.399 e. The van der Waals surface area contributed by atoms with Crippen molar-refractivity contribution in [3.05, 3.63) is 45.9 Å². The Morgan fingerprint density at radius 1 is 1.39 bits per heavy atom. The van der Waals surface area contributed by atoms with Crippen molar-refractivity contribution in [3.8, 4) is 0 Å². The predicted molar refractivity (Wildman–Crippen MR) is 71.4 cm³/mol. The van der Waals surface area contributed by atoms with Crippen LogP contribution >= 0.6 is 11.3 Å². The number of nitrogens with two attached hydrogens (primary N) is 1. The summed E-state index contributed by atoms with van der Waals surface area (Å²) in [6.07, 6.45) is 2.52. The molecule has 0 saturated heterocycles. The first-order valence-corrected chi connectivity index (χ1v) is 6.67. The van der Waals surface area contributed by atoms with Crippen molar-refractivity contribution in [1.82, 2.24) is 9.88 Å². The lowest BCUT2D eigenvalue weighted by Gasteiger charge is -2.28. The lowest BCUT2D eigenvalue weighted by Crippen LogP contribution is -2.35. The van der Waals surface area contributed by atoms with Gasteiger partial charge in [0.05, 0.1) is 11.7 Å². The van der Waals surface area contributed by atoms with Crippen LogP contribution < -0.4 is 5.73 Å². The Kier molecular flexibility index (Phi) is 2.76. The van der Waals surface area contributed by atoms with Gasteiger partial charge < -0.3 is 10.6 Å². The Bertz CT molecular complexity index is 580. The van der Waals surface area contributed by atoms with E-state index in [4.69, 9.17) is 5.73 Å². The fourth-order valence-corrected chi connectivity index (χ4v) is 2.81. The van der Waals surface area contributed by atoms with Crippen molar-refractivity contribution in [2.75, 3.05) is 12.3 Å². The average molecular weight is 259 g/mol. The summed E-state index contributed by atoms with van der Waals surface area (Å²) in [7, 11) is 0. The van der Waals surface area contributed by atoms with E-state index in [1.165, 1.54) is 16.9 Å². The van der Waals surface area contributed by atoms with Gasteiger partial charge in [0, 0.05) is 18.8 Å². The van der Waals surface area contributed by atoms with Crippen LogP contribution in [0.15, 0.2) is 29.9 Å². The number of carbonyl (C=O) groups is 1. The third-order valence-electron chi connectivity index (χ3n) is 3.17. The van der Waals surface area contributed by atoms with Crippen LogP contribution in [0.5, 0.6) is 0 Å². The number of benzene rings is 1. The molecular weight excluding hydrogens is 246 g/mol. The normalized spacial score (nSPS) is 14.3.